The molecule has 2 aromatic carbocycles. The van der Waals surface area contributed by atoms with E-state index in [4.69, 9.17) is 9.73 Å². The van der Waals surface area contributed by atoms with Crippen LogP contribution in [-0.2, 0) is 11.2 Å². The highest BCUT2D eigenvalue weighted by molar-refractivity contribution is 5.96. The number of allylic oxidation sites excluding steroid dienone is 2. The van der Waals surface area contributed by atoms with Crippen LogP contribution in [0.25, 0.3) is 11.1 Å². The number of fused-ring (bicyclic) bond motifs is 1. The monoisotopic (exact) mass is 458 g/mol. The fourth-order valence-corrected chi connectivity index (χ4v) is 4.87. The normalized spacial score (nSPS) is 20.5. The van der Waals surface area contributed by atoms with Gasteiger partial charge in [0.1, 0.15) is 5.82 Å². The first-order chi connectivity index (χ1) is 16.5. The van der Waals surface area contributed by atoms with Crippen LogP contribution in [0.1, 0.15) is 36.2 Å². The number of hydrazine groups is 2. The fraction of sp³-hybridized carbons (Fsp3) is 0.333. The molecule has 0 radical (unpaired) electrons. The van der Waals surface area contributed by atoms with E-state index < -0.39 is 5.97 Å². The smallest absolute Gasteiger partial charge is 0.336 e. The first kappa shape index (κ1) is 22.4. The zero-order valence-electron chi connectivity index (χ0n) is 19.6. The Bertz CT molecular complexity index is 1160. The van der Waals surface area contributed by atoms with E-state index in [2.05, 4.69) is 53.4 Å². The Kier molecular flexibility index (Phi) is 6.22. The molecule has 1 saturated heterocycles. The van der Waals surface area contributed by atoms with Gasteiger partial charge in [-0.2, -0.15) is 5.01 Å². The first-order valence-electron chi connectivity index (χ1n) is 11.9. The van der Waals surface area contributed by atoms with Crippen LogP contribution in [0.4, 0.5) is 0 Å². The van der Waals surface area contributed by atoms with Gasteiger partial charge in [0.15, 0.2) is 0 Å². The van der Waals surface area contributed by atoms with Crippen molar-refractivity contribution in [3.8, 4) is 11.1 Å². The van der Waals surface area contributed by atoms with Crippen LogP contribution in [-0.4, -0.2) is 64.3 Å². The topological polar surface area (TPSA) is 68.6 Å². The van der Waals surface area contributed by atoms with Crippen molar-refractivity contribution in [2.24, 2.45) is 4.99 Å². The minimum atomic E-state index is -0.912. The molecule has 0 spiro atoms. The van der Waals surface area contributed by atoms with Crippen molar-refractivity contribution < 1.29 is 14.6 Å². The van der Waals surface area contributed by atoms with Gasteiger partial charge < -0.3 is 9.84 Å². The lowest BCUT2D eigenvalue weighted by atomic mass is 9.96. The molecule has 0 saturated carbocycles. The summed E-state index contributed by atoms with van der Waals surface area (Å²) >= 11 is 0. The summed E-state index contributed by atoms with van der Waals surface area (Å²) in [6.45, 7) is 7.42. The van der Waals surface area contributed by atoms with Crippen molar-refractivity contribution in [3.63, 3.8) is 0 Å². The molecule has 0 bridgehead atoms. The first-order valence-corrected chi connectivity index (χ1v) is 11.9. The number of aliphatic imine (C=N–C) groups is 1. The Morgan fingerprint density at radius 3 is 2.56 bits per heavy atom. The number of morpholine rings is 1. The summed E-state index contributed by atoms with van der Waals surface area (Å²) in [5.74, 6) is 0.0748. The maximum Gasteiger partial charge on any atom is 0.336 e. The largest absolute Gasteiger partial charge is 0.478 e. The molecule has 0 aliphatic carbocycles. The zero-order valence-corrected chi connectivity index (χ0v) is 19.6. The molecule has 34 heavy (non-hydrogen) atoms. The van der Waals surface area contributed by atoms with E-state index in [1.54, 1.807) is 12.1 Å². The molecule has 7 heteroatoms. The summed E-state index contributed by atoms with van der Waals surface area (Å²) in [5.41, 5.74) is 5.50. The second-order valence-corrected chi connectivity index (χ2v) is 8.83. The predicted molar refractivity (Wildman–Crippen MR) is 132 cm³/mol. The van der Waals surface area contributed by atoms with Gasteiger partial charge in [0.25, 0.3) is 0 Å². The molecule has 1 fully saturated rings. The lowest BCUT2D eigenvalue weighted by Gasteiger charge is -2.46. The zero-order chi connectivity index (χ0) is 23.7. The lowest BCUT2D eigenvalue weighted by Crippen LogP contribution is -2.57. The van der Waals surface area contributed by atoms with Gasteiger partial charge in [-0.1, -0.05) is 49.4 Å². The van der Waals surface area contributed by atoms with Crippen LogP contribution >= 0.6 is 0 Å². The Labute approximate surface area is 200 Å². The van der Waals surface area contributed by atoms with Crippen molar-refractivity contribution in [1.29, 1.82) is 0 Å². The maximum absolute atomic E-state index is 11.6. The second-order valence-electron chi connectivity index (χ2n) is 8.83. The second kappa shape index (κ2) is 9.44. The van der Waals surface area contributed by atoms with Crippen molar-refractivity contribution in [1.82, 2.24) is 15.1 Å². The average molecular weight is 459 g/mol. The van der Waals surface area contributed by atoms with Gasteiger partial charge in [-0.25, -0.2) is 19.9 Å². The van der Waals surface area contributed by atoms with E-state index in [-0.39, 0.29) is 6.04 Å². The number of hydrogen-bond donors (Lipinski definition) is 1. The molecular formula is C27H30N4O3. The minimum absolute atomic E-state index is 0.126. The number of ether oxygens (including phenoxy) is 1. The summed E-state index contributed by atoms with van der Waals surface area (Å²) in [7, 11) is 0. The molecular weight excluding hydrogens is 428 g/mol. The van der Waals surface area contributed by atoms with Crippen LogP contribution < -0.4 is 0 Å². The van der Waals surface area contributed by atoms with Gasteiger partial charge in [-0.15, -0.1) is 0 Å². The molecule has 3 aliphatic heterocycles. The molecule has 1 N–H and O–H groups in total. The maximum atomic E-state index is 11.6. The van der Waals surface area contributed by atoms with E-state index >= 15 is 0 Å². The molecule has 176 valence electrons. The molecule has 1 atom stereocenters. The Morgan fingerprint density at radius 2 is 1.85 bits per heavy atom. The molecule has 0 aromatic heterocycles. The highest BCUT2D eigenvalue weighted by Gasteiger charge is 2.38. The number of hydrogen-bond acceptors (Lipinski definition) is 6. The van der Waals surface area contributed by atoms with Crippen LogP contribution in [0, 0.1) is 0 Å². The number of carboxylic acids is 1. The average Bonchev–Trinajstić information content (AvgIpc) is 3.21. The van der Waals surface area contributed by atoms with Gasteiger partial charge in [0.05, 0.1) is 24.8 Å². The van der Waals surface area contributed by atoms with Crippen LogP contribution in [0.3, 0.4) is 0 Å². The summed E-state index contributed by atoms with van der Waals surface area (Å²) in [6, 6.07) is 15.5. The standard InChI is InChI=1S/C27H30N4O3/c1-3-24-25(31-26(28-24)16-19(2)18-30(31)29-12-14-34-15-13-29)17-20-8-10-21(11-9-20)22-6-4-5-7-23(22)27(32)33/h4-11,16,18,25H,3,12-15,17H2,1-2H3,(H,32,33). The quantitative estimate of drug-likeness (QED) is 0.694. The van der Waals surface area contributed by atoms with E-state index in [1.165, 1.54) is 16.8 Å². The fourth-order valence-electron chi connectivity index (χ4n) is 4.87. The Balaban J connectivity index is 1.41. The summed E-state index contributed by atoms with van der Waals surface area (Å²) in [5, 5.41) is 16.4. The number of carbonyl (C=O) groups is 1. The van der Waals surface area contributed by atoms with Crippen LogP contribution in [0.2, 0.25) is 0 Å². The molecule has 3 aliphatic rings. The van der Waals surface area contributed by atoms with E-state index in [1.807, 2.05) is 24.3 Å². The number of aromatic carboxylic acids is 1. The summed E-state index contributed by atoms with van der Waals surface area (Å²) in [4.78, 5) is 16.6. The molecule has 2 aromatic rings. The SMILES string of the molecule is CCC1=NC2=CC(C)=CN(N3CCOCC3)N2C1Cc1ccc(-c2ccccc2C(=O)O)cc1. The third-order valence-electron chi connectivity index (χ3n) is 6.56. The van der Waals surface area contributed by atoms with Crippen molar-refractivity contribution in [2.45, 2.75) is 32.7 Å². The van der Waals surface area contributed by atoms with Crippen molar-refractivity contribution in [3.05, 3.63) is 83.3 Å². The van der Waals surface area contributed by atoms with E-state index in [9.17, 15) is 9.90 Å². The van der Waals surface area contributed by atoms with Crippen LogP contribution in [0.15, 0.2) is 77.2 Å². The number of nitrogens with zero attached hydrogens (tertiary/aromatic N) is 4. The molecule has 3 heterocycles. The van der Waals surface area contributed by atoms with Crippen molar-refractivity contribution >= 4 is 11.7 Å². The van der Waals surface area contributed by atoms with E-state index in [0.717, 1.165) is 56.1 Å². The van der Waals surface area contributed by atoms with Crippen LogP contribution in [0.5, 0.6) is 0 Å². The molecule has 0 amide bonds. The molecule has 1 unspecified atom stereocenters. The molecule has 7 nitrogen and oxygen atoms in total. The highest BCUT2D eigenvalue weighted by Crippen LogP contribution is 2.33. The summed E-state index contributed by atoms with van der Waals surface area (Å²) < 4.78 is 5.58. The minimum Gasteiger partial charge on any atom is -0.478 e. The van der Waals surface area contributed by atoms with Gasteiger partial charge in [-0.3, -0.25) is 0 Å². The molecule has 5 rings (SSSR count). The van der Waals surface area contributed by atoms with Gasteiger partial charge >= 0.3 is 5.97 Å². The van der Waals surface area contributed by atoms with E-state index in [0.29, 0.717) is 5.56 Å². The third kappa shape index (κ3) is 4.24. The Morgan fingerprint density at radius 1 is 1.12 bits per heavy atom. The Hall–Kier alpha value is -3.42. The lowest BCUT2D eigenvalue weighted by molar-refractivity contribution is -0.167. The highest BCUT2D eigenvalue weighted by atomic mass is 16.5. The number of carboxylic acid groups (broad SMARTS) is 1. The number of rotatable bonds is 6. The van der Waals surface area contributed by atoms with Gasteiger partial charge in [-0.05, 0) is 47.8 Å². The van der Waals surface area contributed by atoms with Crippen molar-refractivity contribution in [2.75, 3.05) is 26.3 Å². The predicted octanol–water partition coefficient (Wildman–Crippen LogP) is 4.35. The third-order valence-corrected chi connectivity index (χ3v) is 6.56. The summed E-state index contributed by atoms with van der Waals surface area (Å²) in [6.07, 6.45) is 6.04. The van der Waals surface area contributed by atoms with Gasteiger partial charge in [0, 0.05) is 31.4 Å². The number of benzene rings is 2. The van der Waals surface area contributed by atoms with Gasteiger partial charge in [0.2, 0.25) is 0 Å².